The molecule has 14 rings (SSSR count). The van der Waals surface area contributed by atoms with Crippen molar-refractivity contribution in [3.05, 3.63) is 247 Å². The first-order chi connectivity index (χ1) is 32.2. The first kappa shape index (κ1) is 36.0. The van der Waals surface area contributed by atoms with Crippen molar-refractivity contribution in [2.24, 2.45) is 0 Å². The Morgan fingerprint density at radius 2 is 0.646 bits per heavy atom. The fourth-order valence-electron chi connectivity index (χ4n) is 11.4. The maximum atomic E-state index is 5.38. The van der Waals surface area contributed by atoms with Gasteiger partial charge in [0, 0.05) is 16.7 Å². The molecule has 0 saturated carbocycles. The van der Waals surface area contributed by atoms with Crippen molar-refractivity contribution in [1.29, 1.82) is 0 Å². The number of aromatic nitrogens is 3. The second-order valence-electron chi connectivity index (χ2n) is 17.4. The standard InChI is InChI=1S/C62H37N3/c1-2-17-38(18-3-1)59-63-60(40-20-16-19-39(35-40)52-37-53-44-23-5-4-21-42(44)43-22-6-8-28-50(43)58(53)51-29-9-7-24-45(51)52)65-61(64-59)41-33-34-49-48-27-12-15-32-56(48)62(57(49)36-41)54-30-13-10-25-46(54)47-26-11-14-31-55(47)62/h1-37H. The second-order valence-corrected chi connectivity index (χ2v) is 17.4. The third kappa shape index (κ3) is 5.09. The zero-order chi connectivity index (χ0) is 42.6. The molecular formula is C62H37N3. The van der Waals surface area contributed by atoms with Gasteiger partial charge in [-0.1, -0.05) is 206 Å². The van der Waals surface area contributed by atoms with Gasteiger partial charge in [0.1, 0.15) is 0 Å². The third-order valence-electron chi connectivity index (χ3n) is 14.1. The van der Waals surface area contributed by atoms with E-state index < -0.39 is 5.41 Å². The van der Waals surface area contributed by atoms with Gasteiger partial charge in [0.25, 0.3) is 0 Å². The normalized spacial score (nSPS) is 13.0. The van der Waals surface area contributed by atoms with E-state index in [9.17, 15) is 0 Å². The lowest BCUT2D eigenvalue weighted by Crippen LogP contribution is -2.25. The molecule has 0 fully saturated rings. The Kier molecular flexibility index (Phi) is 7.61. The number of nitrogens with zero attached hydrogens (tertiary/aromatic N) is 3. The molecule has 0 bridgehead atoms. The molecule has 0 radical (unpaired) electrons. The van der Waals surface area contributed by atoms with Crippen LogP contribution in [0.3, 0.4) is 0 Å². The maximum Gasteiger partial charge on any atom is 0.164 e. The van der Waals surface area contributed by atoms with Crippen LogP contribution < -0.4 is 0 Å². The fraction of sp³-hybridized carbons (Fsp3) is 0.0161. The van der Waals surface area contributed by atoms with Gasteiger partial charge in [-0.3, -0.25) is 0 Å². The quantitative estimate of drug-likeness (QED) is 0.166. The van der Waals surface area contributed by atoms with Crippen LogP contribution in [-0.2, 0) is 5.41 Å². The third-order valence-corrected chi connectivity index (χ3v) is 14.1. The zero-order valence-electron chi connectivity index (χ0n) is 35.2. The van der Waals surface area contributed by atoms with Gasteiger partial charge in [-0.2, -0.15) is 0 Å². The number of benzene rings is 11. The molecule has 3 heteroatoms. The van der Waals surface area contributed by atoms with Gasteiger partial charge in [0.05, 0.1) is 5.41 Å². The highest BCUT2D eigenvalue weighted by atomic mass is 15.0. The van der Waals surface area contributed by atoms with E-state index in [1.807, 2.05) is 18.2 Å². The van der Waals surface area contributed by atoms with Crippen LogP contribution >= 0.6 is 0 Å². The highest BCUT2D eigenvalue weighted by Gasteiger charge is 2.51. The SMILES string of the molecule is c1ccc(-c2nc(-c3cccc(-c4cc5c6ccccc6c6ccccc6c5c5ccccc45)c3)nc(-c3ccc4c(c3)C3(c5ccccc5-c5ccccc53)c3ccccc3-4)n2)cc1. The van der Waals surface area contributed by atoms with Crippen molar-refractivity contribution in [3.63, 3.8) is 0 Å². The topological polar surface area (TPSA) is 38.7 Å². The van der Waals surface area contributed by atoms with Crippen LogP contribution in [0.4, 0.5) is 0 Å². The van der Waals surface area contributed by atoms with Gasteiger partial charge in [-0.25, -0.2) is 15.0 Å². The number of rotatable bonds is 4. The summed E-state index contributed by atoms with van der Waals surface area (Å²) in [6.45, 7) is 0. The predicted octanol–water partition coefficient (Wildman–Crippen LogP) is 15.5. The van der Waals surface area contributed by atoms with Gasteiger partial charge in [-0.05, 0) is 117 Å². The Labute approximate surface area is 376 Å². The highest BCUT2D eigenvalue weighted by Crippen LogP contribution is 2.63. The molecule has 11 aromatic carbocycles. The van der Waals surface area contributed by atoms with Crippen molar-refractivity contribution in [2.45, 2.75) is 5.41 Å². The van der Waals surface area contributed by atoms with Gasteiger partial charge in [0.2, 0.25) is 0 Å². The fourth-order valence-corrected chi connectivity index (χ4v) is 11.4. The van der Waals surface area contributed by atoms with E-state index in [2.05, 4.69) is 206 Å². The second kappa shape index (κ2) is 13.7. The average Bonchev–Trinajstić information content (AvgIpc) is 3.85. The first-order valence-electron chi connectivity index (χ1n) is 22.4. The van der Waals surface area contributed by atoms with Crippen LogP contribution in [0.25, 0.3) is 111 Å². The van der Waals surface area contributed by atoms with Crippen LogP contribution in [0, 0.1) is 0 Å². The molecule has 1 aromatic heterocycles. The highest BCUT2D eigenvalue weighted by molar-refractivity contribution is 6.33. The molecule has 3 nitrogen and oxygen atoms in total. The summed E-state index contributed by atoms with van der Waals surface area (Å²) >= 11 is 0. The van der Waals surface area contributed by atoms with E-state index in [-0.39, 0.29) is 0 Å². The summed E-state index contributed by atoms with van der Waals surface area (Å²) in [5, 5.41) is 10.0. The van der Waals surface area contributed by atoms with E-state index in [1.54, 1.807) is 0 Å². The van der Waals surface area contributed by atoms with E-state index in [1.165, 1.54) is 93.2 Å². The van der Waals surface area contributed by atoms with Gasteiger partial charge < -0.3 is 0 Å². The van der Waals surface area contributed by atoms with Gasteiger partial charge in [-0.15, -0.1) is 0 Å². The molecule has 65 heavy (non-hydrogen) atoms. The summed E-state index contributed by atoms with van der Waals surface area (Å²) < 4.78 is 0. The Bertz CT molecular complexity index is 3900. The van der Waals surface area contributed by atoms with Crippen molar-refractivity contribution in [1.82, 2.24) is 15.0 Å². The molecule has 1 spiro atoms. The minimum absolute atomic E-state index is 0.470. The maximum absolute atomic E-state index is 5.38. The van der Waals surface area contributed by atoms with Crippen molar-refractivity contribution in [2.75, 3.05) is 0 Å². The lowest BCUT2D eigenvalue weighted by Gasteiger charge is -2.30. The Balaban J connectivity index is 0.978. The van der Waals surface area contributed by atoms with Crippen molar-refractivity contribution >= 4 is 43.1 Å². The monoisotopic (exact) mass is 823 g/mol. The lowest BCUT2D eigenvalue weighted by atomic mass is 9.70. The molecule has 0 atom stereocenters. The minimum atomic E-state index is -0.470. The van der Waals surface area contributed by atoms with Crippen LogP contribution in [-0.4, -0.2) is 15.0 Å². The van der Waals surface area contributed by atoms with Crippen molar-refractivity contribution < 1.29 is 0 Å². The Morgan fingerprint density at radius 1 is 0.231 bits per heavy atom. The van der Waals surface area contributed by atoms with Crippen LogP contribution in [0.1, 0.15) is 22.3 Å². The largest absolute Gasteiger partial charge is 0.208 e. The number of fused-ring (bicyclic) bond motifs is 18. The molecule has 2 aliphatic rings. The zero-order valence-corrected chi connectivity index (χ0v) is 35.2. The summed E-state index contributed by atoms with van der Waals surface area (Å²) in [5.41, 5.74) is 14.9. The van der Waals surface area contributed by atoms with E-state index in [0.717, 1.165) is 22.3 Å². The summed E-state index contributed by atoms with van der Waals surface area (Å²) in [6, 6.07) is 81.5. The number of hydrogen-bond donors (Lipinski definition) is 0. The van der Waals surface area contributed by atoms with Gasteiger partial charge >= 0.3 is 0 Å². The molecule has 0 aliphatic heterocycles. The number of hydrogen-bond acceptors (Lipinski definition) is 3. The van der Waals surface area contributed by atoms with E-state index in [4.69, 9.17) is 15.0 Å². The molecule has 0 amide bonds. The molecule has 0 N–H and O–H groups in total. The molecule has 0 unspecified atom stereocenters. The summed E-state index contributed by atoms with van der Waals surface area (Å²) in [6.07, 6.45) is 0. The molecule has 12 aromatic rings. The molecule has 2 aliphatic carbocycles. The lowest BCUT2D eigenvalue weighted by molar-refractivity contribution is 0.794. The average molecular weight is 824 g/mol. The Morgan fingerprint density at radius 3 is 1.26 bits per heavy atom. The van der Waals surface area contributed by atoms with Crippen LogP contribution in [0.5, 0.6) is 0 Å². The summed E-state index contributed by atoms with van der Waals surface area (Å²) in [7, 11) is 0. The van der Waals surface area contributed by atoms with E-state index >= 15 is 0 Å². The smallest absolute Gasteiger partial charge is 0.164 e. The first-order valence-corrected chi connectivity index (χ1v) is 22.4. The molecule has 0 saturated heterocycles. The molecule has 1 heterocycles. The predicted molar refractivity (Wildman–Crippen MR) is 268 cm³/mol. The van der Waals surface area contributed by atoms with Crippen LogP contribution in [0.2, 0.25) is 0 Å². The Hall–Kier alpha value is -8.53. The minimum Gasteiger partial charge on any atom is -0.208 e. The van der Waals surface area contributed by atoms with Gasteiger partial charge in [0.15, 0.2) is 17.5 Å². The molecule has 300 valence electrons. The van der Waals surface area contributed by atoms with Crippen molar-refractivity contribution in [3.8, 4) is 67.5 Å². The van der Waals surface area contributed by atoms with Crippen LogP contribution in [0.15, 0.2) is 224 Å². The van der Waals surface area contributed by atoms with E-state index in [0.29, 0.717) is 17.5 Å². The summed E-state index contributed by atoms with van der Waals surface area (Å²) in [5.74, 6) is 1.91. The summed E-state index contributed by atoms with van der Waals surface area (Å²) in [4.78, 5) is 15.9. The molecular weight excluding hydrogens is 787 g/mol.